The maximum atomic E-state index is 12.1. The third-order valence-electron chi connectivity index (χ3n) is 6.04. The number of alkyl halides is 3. The van der Waals surface area contributed by atoms with Crippen molar-refractivity contribution in [2.75, 3.05) is 6.61 Å². The number of hydrogen-bond acceptors (Lipinski definition) is 5. The summed E-state index contributed by atoms with van der Waals surface area (Å²) in [5, 5.41) is 3.58. The molecule has 4 saturated carbocycles. The van der Waals surface area contributed by atoms with Gasteiger partial charge in [-0.1, -0.05) is 11.6 Å². The van der Waals surface area contributed by atoms with E-state index in [1.807, 2.05) is 0 Å². The van der Waals surface area contributed by atoms with Crippen LogP contribution in [0.15, 0.2) is 22.6 Å². The Morgan fingerprint density at radius 2 is 2.00 bits per heavy atom. The number of amides is 1. The van der Waals surface area contributed by atoms with Crippen LogP contribution in [0.4, 0.5) is 13.2 Å². The minimum atomic E-state index is -4.63. The van der Waals surface area contributed by atoms with Crippen molar-refractivity contribution in [2.45, 2.75) is 61.6 Å². The molecular weight excluding hydrogens is 413 g/mol. The van der Waals surface area contributed by atoms with Gasteiger partial charge in [0.25, 0.3) is 0 Å². The van der Waals surface area contributed by atoms with Gasteiger partial charge in [0.15, 0.2) is 5.58 Å². The number of nitrogens with zero attached hydrogens (tertiary/aromatic N) is 1. The first-order valence-electron chi connectivity index (χ1n) is 9.38. The zero-order valence-corrected chi connectivity index (χ0v) is 16.0. The summed E-state index contributed by atoms with van der Waals surface area (Å²) in [5.74, 6) is 0.412. The fraction of sp³-hybridized carbons (Fsp3) is 0.579. The lowest BCUT2D eigenvalue weighted by Gasteiger charge is -2.68. The van der Waals surface area contributed by atoms with Gasteiger partial charge in [-0.05, 0) is 37.5 Å². The summed E-state index contributed by atoms with van der Waals surface area (Å²) < 4.78 is 51.4. The number of carbonyl (C=O) groups excluding carboxylic acids is 1. The van der Waals surface area contributed by atoms with E-state index in [0.29, 0.717) is 16.5 Å². The molecule has 1 amide bonds. The smallest absolute Gasteiger partial charge is 0.440 e. The fourth-order valence-corrected chi connectivity index (χ4v) is 4.91. The molecule has 4 fully saturated rings. The second-order valence-electron chi connectivity index (χ2n) is 8.36. The van der Waals surface area contributed by atoms with Crippen LogP contribution in [-0.4, -0.2) is 41.6 Å². The average Bonchev–Trinajstić information content (AvgIpc) is 2.93. The summed E-state index contributed by atoms with van der Waals surface area (Å²) in [5.41, 5.74) is 1.00. The molecule has 1 N–H and O–H groups in total. The van der Waals surface area contributed by atoms with Crippen LogP contribution >= 0.6 is 11.6 Å². The van der Waals surface area contributed by atoms with E-state index < -0.39 is 12.5 Å². The Hall–Kier alpha value is -1.84. The van der Waals surface area contributed by atoms with Gasteiger partial charge in [-0.25, -0.2) is 4.98 Å². The third kappa shape index (κ3) is 3.49. The van der Waals surface area contributed by atoms with Gasteiger partial charge in [-0.2, -0.15) is 0 Å². The number of rotatable bonds is 6. The van der Waals surface area contributed by atoms with Gasteiger partial charge in [-0.3, -0.25) is 9.53 Å². The molecule has 29 heavy (non-hydrogen) atoms. The molecule has 4 aliphatic rings. The Bertz CT molecular complexity index is 950. The molecule has 1 aromatic carbocycles. The number of hydrogen-bond donors (Lipinski definition) is 1. The van der Waals surface area contributed by atoms with Crippen LogP contribution in [0.3, 0.4) is 0 Å². The molecule has 1 aromatic heterocycles. The van der Waals surface area contributed by atoms with Crippen molar-refractivity contribution in [3.05, 3.63) is 29.1 Å². The molecule has 2 aromatic rings. The molecule has 10 heteroatoms. The van der Waals surface area contributed by atoms with Crippen LogP contribution in [0.25, 0.3) is 11.1 Å². The summed E-state index contributed by atoms with van der Waals surface area (Å²) in [4.78, 5) is 16.7. The molecule has 6 rings (SSSR count). The standard InChI is InChI=1S/C19H18ClF3N2O4/c20-10-1-2-14-13(3-10)24-16(28-14)17-7-18(8-17,9-17)25-15(26)6-27-11-4-12(5-11)29-19(21,22)23/h1-3,11-12H,4-9H2,(H,25,26). The van der Waals surface area contributed by atoms with E-state index >= 15 is 0 Å². The first-order chi connectivity index (χ1) is 13.6. The lowest BCUT2D eigenvalue weighted by molar-refractivity contribution is -0.357. The Morgan fingerprint density at radius 3 is 2.69 bits per heavy atom. The second-order valence-corrected chi connectivity index (χ2v) is 8.80. The molecule has 0 atom stereocenters. The Labute approximate surface area is 168 Å². The van der Waals surface area contributed by atoms with E-state index in [1.165, 1.54) is 0 Å². The maximum absolute atomic E-state index is 12.1. The van der Waals surface area contributed by atoms with E-state index in [4.69, 9.17) is 20.8 Å². The normalized spacial score (nSPS) is 33.0. The number of oxazole rings is 1. The van der Waals surface area contributed by atoms with Gasteiger partial charge in [0.05, 0.1) is 17.6 Å². The highest BCUT2D eigenvalue weighted by molar-refractivity contribution is 6.31. The molecule has 2 bridgehead atoms. The molecular formula is C19H18ClF3N2O4. The number of halogens is 4. The summed E-state index contributed by atoms with van der Waals surface area (Å²) in [6.45, 7) is -0.167. The van der Waals surface area contributed by atoms with Gasteiger partial charge in [0.1, 0.15) is 12.1 Å². The first-order valence-corrected chi connectivity index (χ1v) is 9.75. The van der Waals surface area contributed by atoms with Crippen LogP contribution in [0.2, 0.25) is 5.02 Å². The molecule has 4 aliphatic carbocycles. The van der Waals surface area contributed by atoms with Crippen LogP contribution in [-0.2, 0) is 19.7 Å². The molecule has 156 valence electrons. The van der Waals surface area contributed by atoms with E-state index in [9.17, 15) is 18.0 Å². The first kappa shape index (κ1) is 19.1. The van der Waals surface area contributed by atoms with Gasteiger partial charge in [0.2, 0.25) is 11.8 Å². The lowest BCUT2D eigenvalue weighted by atomic mass is 9.39. The number of nitrogens with one attached hydrogen (secondary N) is 1. The third-order valence-corrected chi connectivity index (χ3v) is 6.28. The fourth-order valence-electron chi connectivity index (χ4n) is 4.74. The van der Waals surface area contributed by atoms with E-state index in [-0.39, 0.29) is 42.4 Å². The summed E-state index contributed by atoms with van der Waals surface area (Å²) >= 11 is 5.98. The van der Waals surface area contributed by atoms with Crippen LogP contribution in [0.5, 0.6) is 0 Å². The van der Waals surface area contributed by atoms with Crippen molar-refractivity contribution in [3.63, 3.8) is 0 Å². The van der Waals surface area contributed by atoms with E-state index in [1.54, 1.807) is 18.2 Å². The summed E-state index contributed by atoms with van der Waals surface area (Å²) in [6, 6.07) is 5.30. The number of fused-ring (bicyclic) bond motifs is 1. The molecule has 0 saturated heterocycles. The highest BCUT2D eigenvalue weighted by Gasteiger charge is 2.71. The summed E-state index contributed by atoms with van der Waals surface area (Å²) in [7, 11) is 0. The largest absolute Gasteiger partial charge is 0.522 e. The number of benzene rings is 1. The minimum absolute atomic E-state index is 0.142. The van der Waals surface area contributed by atoms with Gasteiger partial charge < -0.3 is 14.5 Å². The maximum Gasteiger partial charge on any atom is 0.522 e. The molecule has 0 aliphatic heterocycles. The van der Waals surface area contributed by atoms with Crippen molar-refractivity contribution >= 4 is 28.6 Å². The van der Waals surface area contributed by atoms with Gasteiger partial charge in [-0.15, -0.1) is 13.2 Å². The highest BCUT2D eigenvalue weighted by Crippen LogP contribution is 2.67. The van der Waals surface area contributed by atoms with Crippen molar-refractivity contribution in [1.82, 2.24) is 10.3 Å². The van der Waals surface area contributed by atoms with Crippen LogP contribution in [0, 0.1) is 0 Å². The zero-order valence-electron chi connectivity index (χ0n) is 15.2. The zero-order chi connectivity index (χ0) is 20.4. The van der Waals surface area contributed by atoms with Crippen molar-refractivity contribution in [2.24, 2.45) is 0 Å². The molecule has 0 spiro atoms. The molecule has 1 heterocycles. The predicted molar refractivity (Wildman–Crippen MR) is 95.3 cm³/mol. The van der Waals surface area contributed by atoms with Gasteiger partial charge in [0, 0.05) is 23.4 Å². The quantitative estimate of drug-likeness (QED) is 0.753. The average molecular weight is 431 g/mol. The number of aromatic nitrogens is 1. The predicted octanol–water partition coefficient (Wildman–Crippen LogP) is 3.86. The Balaban J connectivity index is 1.08. The molecule has 0 unspecified atom stereocenters. The van der Waals surface area contributed by atoms with Crippen LogP contribution in [0.1, 0.15) is 38.0 Å². The number of carbonyl (C=O) groups is 1. The molecule has 6 nitrogen and oxygen atoms in total. The Morgan fingerprint density at radius 1 is 1.28 bits per heavy atom. The monoisotopic (exact) mass is 430 g/mol. The van der Waals surface area contributed by atoms with Crippen LogP contribution < -0.4 is 5.32 Å². The van der Waals surface area contributed by atoms with Crippen molar-refractivity contribution in [1.29, 1.82) is 0 Å². The highest BCUT2D eigenvalue weighted by atomic mass is 35.5. The lowest BCUT2D eigenvalue weighted by Crippen LogP contribution is -2.77. The van der Waals surface area contributed by atoms with Gasteiger partial charge >= 0.3 is 6.36 Å². The Kier molecular flexibility index (Phi) is 4.18. The van der Waals surface area contributed by atoms with Crippen molar-refractivity contribution in [3.8, 4) is 0 Å². The topological polar surface area (TPSA) is 73.6 Å². The SMILES string of the molecule is O=C(COC1CC(OC(F)(F)F)C1)NC12CC(c3nc4cc(Cl)ccc4o3)(C1)C2. The van der Waals surface area contributed by atoms with E-state index in [0.717, 1.165) is 24.8 Å². The second kappa shape index (κ2) is 6.33. The van der Waals surface area contributed by atoms with Crippen molar-refractivity contribution < 1.29 is 31.9 Å². The molecule has 0 radical (unpaired) electrons. The van der Waals surface area contributed by atoms with E-state index in [2.05, 4.69) is 15.0 Å². The summed E-state index contributed by atoms with van der Waals surface area (Å²) in [6.07, 6.45) is -3.36. The number of ether oxygens (including phenoxy) is 2. The minimum Gasteiger partial charge on any atom is -0.440 e.